The molecule has 1 aliphatic rings. The van der Waals surface area contributed by atoms with Gasteiger partial charge in [0.1, 0.15) is 0 Å². The number of unbranched alkanes of at least 4 members (excludes halogenated alkanes) is 3. The number of nitrogen functional groups attached to an aromatic ring is 1. The van der Waals surface area contributed by atoms with Crippen LogP contribution in [-0.2, 0) is 4.74 Å². The van der Waals surface area contributed by atoms with Crippen molar-refractivity contribution in [2.24, 2.45) is 0 Å². The topological polar surface area (TPSA) is 111 Å². The van der Waals surface area contributed by atoms with Crippen LogP contribution in [0.3, 0.4) is 0 Å². The summed E-state index contributed by atoms with van der Waals surface area (Å²) in [5.41, 5.74) is 5.93. The first-order valence-electron chi connectivity index (χ1n) is 11.3. The Hall–Kier alpha value is -0.641. The molecule has 1 saturated heterocycles. The molecule has 0 aromatic carbocycles. The van der Waals surface area contributed by atoms with Crippen LogP contribution in [0.4, 0.5) is 5.82 Å². The van der Waals surface area contributed by atoms with Gasteiger partial charge in [0, 0.05) is 0 Å². The molecule has 1 aromatic heterocycles. The average Bonchev–Trinajstić information content (AvgIpc) is 3.08. The zero-order valence-electron chi connectivity index (χ0n) is 18.3. The SMILES string of the molecule is CCC[CH2][Sn]([CH2]CCC)([CH2]CCC)[c]1cn([C@H]2C[C@H](O)[C@@H](CO)O2)c(=O)nc1N. The molecule has 0 unspecified atom stereocenters. The van der Waals surface area contributed by atoms with Crippen LogP contribution in [0.5, 0.6) is 0 Å². The van der Waals surface area contributed by atoms with Gasteiger partial charge >= 0.3 is 179 Å². The van der Waals surface area contributed by atoms with Crippen molar-refractivity contribution < 1.29 is 14.9 Å². The molecule has 29 heavy (non-hydrogen) atoms. The van der Waals surface area contributed by atoms with E-state index in [1.807, 2.05) is 6.20 Å². The van der Waals surface area contributed by atoms with Crippen molar-refractivity contribution in [1.29, 1.82) is 0 Å². The fraction of sp³-hybridized carbons (Fsp3) is 0.810. The van der Waals surface area contributed by atoms with Gasteiger partial charge in [-0.2, -0.15) is 0 Å². The van der Waals surface area contributed by atoms with Crippen LogP contribution in [0.25, 0.3) is 0 Å². The number of aliphatic hydroxyl groups excluding tert-OH is 2. The third-order valence-corrected chi connectivity index (χ3v) is 21.9. The number of ether oxygens (including phenoxy) is 1. The zero-order valence-corrected chi connectivity index (χ0v) is 21.1. The molecule has 3 atom stereocenters. The van der Waals surface area contributed by atoms with Crippen molar-refractivity contribution in [1.82, 2.24) is 9.55 Å². The number of nitrogens with zero attached hydrogens (tertiary/aromatic N) is 2. The molecule has 2 heterocycles. The first-order valence-corrected chi connectivity index (χ1v) is 18.7. The van der Waals surface area contributed by atoms with Crippen LogP contribution in [-0.4, -0.2) is 57.0 Å². The summed E-state index contributed by atoms with van der Waals surface area (Å²) in [5, 5.41) is 19.5. The first kappa shape index (κ1) is 24.6. The molecule has 0 aliphatic carbocycles. The summed E-state index contributed by atoms with van der Waals surface area (Å²) in [6.07, 6.45) is 7.16. The molecule has 1 aromatic rings. The van der Waals surface area contributed by atoms with Gasteiger partial charge in [-0.1, -0.05) is 0 Å². The Labute approximate surface area is 178 Å². The summed E-state index contributed by atoms with van der Waals surface area (Å²) in [6.45, 7) is 6.40. The van der Waals surface area contributed by atoms with E-state index < -0.39 is 42.5 Å². The van der Waals surface area contributed by atoms with Crippen LogP contribution in [0, 0.1) is 0 Å². The summed E-state index contributed by atoms with van der Waals surface area (Å²) in [7, 11) is 0. The maximum atomic E-state index is 12.6. The predicted octanol–water partition coefficient (Wildman–Crippen LogP) is 2.52. The van der Waals surface area contributed by atoms with Crippen LogP contribution >= 0.6 is 0 Å². The molecule has 1 fully saturated rings. The van der Waals surface area contributed by atoms with E-state index >= 15 is 0 Å². The number of aromatic nitrogens is 2. The molecule has 0 radical (unpaired) electrons. The molecule has 0 spiro atoms. The Morgan fingerprint density at radius 2 is 1.72 bits per heavy atom. The van der Waals surface area contributed by atoms with Gasteiger partial charge in [0.2, 0.25) is 0 Å². The van der Waals surface area contributed by atoms with Gasteiger partial charge in [0.05, 0.1) is 0 Å². The first-order chi connectivity index (χ1) is 13.9. The Bertz CT molecular complexity index is 675. The van der Waals surface area contributed by atoms with Crippen LogP contribution in [0.15, 0.2) is 11.0 Å². The minimum absolute atomic E-state index is 0.270. The van der Waals surface area contributed by atoms with Crippen molar-refractivity contribution in [2.45, 2.75) is 97.5 Å². The van der Waals surface area contributed by atoms with Gasteiger partial charge < -0.3 is 0 Å². The van der Waals surface area contributed by atoms with Gasteiger partial charge in [-0.05, 0) is 0 Å². The van der Waals surface area contributed by atoms with E-state index in [2.05, 4.69) is 25.8 Å². The Kier molecular flexibility index (Phi) is 9.91. The number of hydrogen-bond acceptors (Lipinski definition) is 6. The monoisotopic (exact) mass is 517 g/mol. The maximum absolute atomic E-state index is 12.6. The Morgan fingerprint density at radius 1 is 1.17 bits per heavy atom. The summed E-state index contributed by atoms with van der Waals surface area (Å²) in [5.74, 6) is 0.405. The van der Waals surface area contributed by atoms with Crippen molar-refractivity contribution >= 4 is 27.8 Å². The third-order valence-electron chi connectivity index (χ3n) is 6.27. The quantitative estimate of drug-likeness (QED) is 0.369. The van der Waals surface area contributed by atoms with Gasteiger partial charge in [-0.3, -0.25) is 0 Å². The molecule has 0 saturated carbocycles. The number of nitrogens with two attached hydrogens (primary N) is 1. The van der Waals surface area contributed by atoms with Gasteiger partial charge in [-0.15, -0.1) is 0 Å². The number of aliphatic hydroxyl groups is 2. The summed E-state index contributed by atoms with van der Waals surface area (Å²) < 4.78 is 12.1. The molecule has 0 bridgehead atoms. The molecular formula is C21H39N3O4Sn. The summed E-state index contributed by atoms with van der Waals surface area (Å²) in [6, 6.07) is 0. The Balaban J connectivity index is 2.49. The van der Waals surface area contributed by atoms with E-state index in [0.717, 1.165) is 22.8 Å². The number of hydrogen-bond donors (Lipinski definition) is 3. The van der Waals surface area contributed by atoms with Crippen LogP contribution in [0.2, 0.25) is 13.3 Å². The third kappa shape index (κ3) is 5.95. The molecule has 0 amide bonds. The van der Waals surface area contributed by atoms with E-state index in [1.54, 1.807) is 0 Å². The van der Waals surface area contributed by atoms with E-state index in [9.17, 15) is 15.0 Å². The number of anilines is 1. The standard InChI is InChI=1S/C9H12N3O4.3C4H9.Sn/c10-7-1-2-12(9(15)11-7)8-3-5(14)6(4-13)16-8;3*1-3-4-2;/h2,5-6,8,13-14H,3-4H2,(H2,10,11,15);3*1,3-4H2,2H3;/t5-,6+,8+;;;;/m0..../s1. The second-order valence-corrected chi connectivity index (χ2v) is 21.6. The van der Waals surface area contributed by atoms with Crippen molar-refractivity contribution in [3.05, 3.63) is 16.7 Å². The minimum atomic E-state index is -2.88. The summed E-state index contributed by atoms with van der Waals surface area (Å²) in [4.78, 5) is 16.8. The van der Waals surface area contributed by atoms with E-state index in [0.29, 0.717) is 5.82 Å². The average molecular weight is 516 g/mol. The van der Waals surface area contributed by atoms with Crippen LogP contribution < -0.4 is 15.0 Å². The summed E-state index contributed by atoms with van der Waals surface area (Å²) >= 11 is -2.88. The normalized spacial score (nSPS) is 22.3. The second kappa shape index (κ2) is 11.7. The molecule has 7 nitrogen and oxygen atoms in total. The van der Waals surface area contributed by atoms with E-state index in [4.69, 9.17) is 10.5 Å². The zero-order chi connectivity index (χ0) is 21.4. The van der Waals surface area contributed by atoms with Crippen molar-refractivity contribution in [3.8, 4) is 0 Å². The fourth-order valence-corrected chi connectivity index (χ4v) is 20.6. The number of rotatable bonds is 12. The van der Waals surface area contributed by atoms with Gasteiger partial charge in [0.25, 0.3) is 0 Å². The van der Waals surface area contributed by atoms with Gasteiger partial charge in [-0.25, -0.2) is 0 Å². The fourth-order valence-electron chi connectivity index (χ4n) is 4.47. The molecule has 1 aliphatic heterocycles. The van der Waals surface area contributed by atoms with Crippen molar-refractivity contribution in [3.63, 3.8) is 0 Å². The molecular weight excluding hydrogens is 477 g/mol. The van der Waals surface area contributed by atoms with E-state index in [1.165, 1.54) is 37.1 Å². The Morgan fingerprint density at radius 3 is 2.17 bits per heavy atom. The van der Waals surface area contributed by atoms with Gasteiger partial charge in [0.15, 0.2) is 0 Å². The van der Waals surface area contributed by atoms with Crippen LogP contribution in [0.1, 0.15) is 71.9 Å². The predicted molar refractivity (Wildman–Crippen MR) is 119 cm³/mol. The molecule has 2 rings (SSSR count). The molecule has 8 heteroatoms. The second-order valence-electron chi connectivity index (χ2n) is 8.44. The van der Waals surface area contributed by atoms with Crippen molar-refractivity contribution in [2.75, 3.05) is 12.3 Å². The molecule has 4 N–H and O–H groups in total. The molecule has 166 valence electrons. The van der Waals surface area contributed by atoms with E-state index in [-0.39, 0.29) is 13.0 Å².